The fourth-order valence-electron chi connectivity index (χ4n) is 3.53. The van der Waals surface area contributed by atoms with Crippen LogP contribution in [0, 0.1) is 5.41 Å². The minimum atomic E-state index is 0.0580. The molecule has 1 heterocycles. The maximum absolute atomic E-state index is 6.10. The fraction of sp³-hybridized carbons (Fsp3) is 0.462. The van der Waals surface area contributed by atoms with E-state index in [1.165, 1.54) is 11.1 Å². The van der Waals surface area contributed by atoms with Gasteiger partial charge in [-0.25, -0.2) is 9.98 Å². The van der Waals surface area contributed by atoms with Crippen LogP contribution in [0.1, 0.15) is 77.0 Å². The quantitative estimate of drug-likeness (QED) is 0.175. The molecule has 6 heteroatoms. The van der Waals surface area contributed by atoms with Gasteiger partial charge in [-0.1, -0.05) is 97.0 Å². The molecule has 0 fully saturated rings. The second-order valence-electron chi connectivity index (χ2n) is 9.59. The number of aliphatic imine (C=N–C) groups is 2. The molecule has 32 heavy (non-hydrogen) atoms. The zero-order valence-corrected chi connectivity index (χ0v) is 25.2. The van der Waals surface area contributed by atoms with E-state index in [1.54, 1.807) is 8.07 Å². The molecule has 1 aliphatic heterocycles. The van der Waals surface area contributed by atoms with Gasteiger partial charge in [-0.05, 0) is 28.4 Å². The van der Waals surface area contributed by atoms with Crippen LogP contribution in [0.3, 0.4) is 0 Å². The standard InChI is InChI=1S/C26H34N2O.2HI.Ni/c1-17(2)20-14-11-15-21(18(3)4)24(20)28-23(19-12-9-8-10-13-19)25-27-22(16-29-25)26(5,6)7;;;/h8-15,17-18,22H,16H2,1-7H3;2*1H;/q;;;+2/p-2/t22-;;;/m1.../s1. The van der Waals surface area contributed by atoms with Gasteiger partial charge in [0.25, 0.3) is 0 Å². The van der Waals surface area contributed by atoms with Crippen molar-refractivity contribution in [1.82, 2.24) is 0 Å². The van der Waals surface area contributed by atoms with Gasteiger partial charge in [0.1, 0.15) is 12.3 Å². The molecule has 3 nitrogen and oxygen atoms in total. The van der Waals surface area contributed by atoms with Crippen molar-refractivity contribution in [3.05, 3.63) is 65.2 Å². The van der Waals surface area contributed by atoms with Crippen molar-refractivity contribution in [3.63, 3.8) is 0 Å². The van der Waals surface area contributed by atoms with Crippen LogP contribution in [-0.2, 0) is 12.8 Å². The second kappa shape index (κ2) is 12.8. The summed E-state index contributed by atoms with van der Waals surface area (Å²) in [5, 5.41) is 0. The molecule has 0 N–H and O–H groups in total. The molecule has 0 radical (unpaired) electrons. The van der Waals surface area contributed by atoms with Crippen LogP contribution in [0.25, 0.3) is 0 Å². The van der Waals surface area contributed by atoms with Gasteiger partial charge in [-0.15, -0.1) is 0 Å². The van der Waals surface area contributed by atoms with Gasteiger partial charge < -0.3 is 4.74 Å². The third kappa shape index (κ3) is 7.52. The molecule has 0 aromatic heterocycles. The Morgan fingerprint density at radius 2 is 1.50 bits per heavy atom. The zero-order valence-electron chi connectivity index (χ0n) is 19.9. The molecule has 0 saturated carbocycles. The summed E-state index contributed by atoms with van der Waals surface area (Å²) in [5.41, 5.74) is 5.50. The van der Waals surface area contributed by atoms with Gasteiger partial charge in [-0.3, -0.25) is 0 Å². The van der Waals surface area contributed by atoms with Gasteiger partial charge in [0.05, 0.1) is 11.7 Å². The third-order valence-electron chi connectivity index (χ3n) is 5.47. The molecule has 2 aromatic rings. The van der Waals surface area contributed by atoms with Crippen LogP contribution in [0.4, 0.5) is 5.69 Å². The normalized spacial score (nSPS) is 16.7. The Morgan fingerprint density at radius 1 is 0.969 bits per heavy atom. The van der Waals surface area contributed by atoms with Crippen LogP contribution in [-0.4, -0.2) is 24.3 Å². The Bertz CT molecular complexity index is 908. The molecule has 178 valence electrons. The molecule has 0 aliphatic carbocycles. The van der Waals surface area contributed by atoms with E-state index in [4.69, 9.17) is 14.7 Å². The number of rotatable bonds is 5. The second-order valence-corrected chi connectivity index (χ2v) is 17.9. The number of hydrogen-bond donors (Lipinski definition) is 0. The Hall–Kier alpha value is -0.466. The summed E-state index contributed by atoms with van der Waals surface area (Å²) in [6, 6.07) is 16.9. The van der Waals surface area contributed by atoms with Crippen molar-refractivity contribution in [2.45, 2.75) is 66.3 Å². The first-order chi connectivity index (χ1) is 15.1. The van der Waals surface area contributed by atoms with Crippen molar-refractivity contribution >= 4 is 58.3 Å². The van der Waals surface area contributed by atoms with Crippen LogP contribution in [0.5, 0.6) is 0 Å². The zero-order chi connectivity index (χ0) is 23.9. The van der Waals surface area contributed by atoms with Crippen LogP contribution < -0.4 is 0 Å². The van der Waals surface area contributed by atoms with Crippen molar-refractivity contribution in [2.75, 3.05) is 6.61 Å². The number of benzene rings is 2. The monoisotopic (exact) mass is 702 g/mol. The number of ether oxygens (including phenoxy) is 1. The van der Waals surface area contributed by atoms with Gasteiger partial charge in [0.2, 0.25) is 5.90 Å². The van der Waals surface area contributed by atoms with Gasteiger partial charge in [-0.2, -0.15) is 0 Å². The van der Waals surface area contributed by atoms with Crippen molar-refractivity contribution in [3.8, 4) is 0 Å². The van der Waals surface area contributed by atoms with E-state index in [1.807, 2.05) is 18.2 Å². The average Bonchev–Trinajstić information content (AvgIpc) is 3.23. The van der Waals surface area contributed by atoms with Gasteiger partial charge >= 0.3 is 49.0 Å². The van der Waals surface area contributed by atoms with E-state index in [9.17, 15) is 0 Å². The van der Waals surface area contributed by atoms with Gasteiger partial charge in [0, 0.05) is 5.56 Å². The molecule has 0 spiro atoms. The van der Waals surface area contributed by atoms with E-state index in [-0.39, 0.29) is 11.5 Å². The van der Waals surface area contributed by atoms with Crippen LogP contribution in [0.15, 0.2) is 58.5 Å². The number of hydrogen-bond acceptors (Lipinski definition) is 3. The Morgan fingerprint density at radius 3 is 1.94 bits per heavy atom. The maximum atomic E-state index is 6.10. The minimum absolute atomic E-state index is 0.0580. The first kappa shape index (κ1) is 27.8. The predicted octanol–water partition coefficient (Wildman–Crippen LogP) is 8.67. The first-order valence-electron chi connectivity index (χ1n) is 10.9. The summed E-state index contributed by atoms with van der Waals surface area (Å²) in [7, 11) is 1.56. The van der Waals surface area contributed by atoms with Crippen molar-refractivity contribution in [2.24, 2.45) is 15.4 Å². The Balaban J connectivity index is 0.00000114. The summed E-state index contributed by atoms with van der Waals surface area (Å²) in [6.45, 7) is 16.1. The molecular weight excluding hydrogens is 669 g/mol. The molecule has 1 aliphatic rings. The molecule has 0 saturated heterocycles. The summed E-state index contributed by atoms with van der Waals surface area (Å²) in [4.78, 5) is 10.2. The SMILES string of the molecule is CC(C)c1cccc(C(C)C)c1N=C(C1=N[C@@H](C(C)(C)C)CO1)c1ccccc1.[I][Ni][I]. The van der Waals surface area contributed by atoms with Crippen molar-refractivity contribution in [1.29, 1.82) is 0 Å². The topological polar surface area (TPSA) is 34.0 Å². The fourth-order valence-corrected chi connectivity index (χ4v) is 3.53. The number of nitrogens with zero attached hydrogens (tertiary/aromatic N) is 2. The molecule has 3 rings (SSSR count). The first-order valence-corrected chi connectivity index (χ1v) is 17.3. The van der Waals surface area contributed by atoms with Crippen molar-refractivity contribution < 1.29 is 12.8 Å². The predicted molar refractivity (Wildman–Crippen MR) is 152 cm³/mol. The number of para-hydroxylation sites is 1. The Labute approximate surface area is 222 Å². The Kier molecular flexibility index (Phi) is 11.1. The molecule has 0 unspecified atom stereocenters. The number of halogens is 2. The summed E-state index contributed by atoms with van der Waals surface area (Å²) in [6.07, 6.45) is 0. The average molecular weight is 703 g/mol. The molecule has 2 aromatic carbocycles. The summed E-state index contributed by atoms with van der Waals surface area (Å²) < 4.78 is 6.10. The van der Waals surface area contributed by atoms with Gasteiger partial charge in [0.15, 0.2) is 0 Å². The summed E-state index contributed by atoms with van der Waals surface area (Å²) in [5.74, 6) is 1.43. The van der Waals surface area contributed by atoms with E-state index < -0.39 is 0 Å². The third-order valence-corrected chi connectivity index (χ3v) is 5.47. The van der Waals surface area contributed by atoms with E-state index in [0.29, 0.717) is 24.3 Å². The van der Waals surface area contributed by atoms with E-state index in [0.717, 1.165) is 17.0 Å². The summed E-state index contributed by atoms with van der Waals surface area (Å²) >= 11 is 4.43. The molecule has 0 amide bonds. The molecule has 1 atom stereocenters. The van der Waals surface area contributed by atoms with E-state index >= 15 is 0 Å². The van der Waals surface area contributed by atoms with E-state index in [2.05, 4.69) is 120 Å². The molecular formula is C26H34I2N2NiO. The van der Waals surface area contributed by atoms with Crippen LogP contribution in [0.2, 0.25) is 0 Å². The molecule has 0 bridgehead atoms. The van der Waals surface area contributed by atoms with Crippen LogP contribution >= 0.6 is 41.0 Å².